The zero-order valence-corrected chi connectivity index (χ0v) is 13.6. The van der Waals surface area contributed by atoms with Crippen molar-refractivity contribution in [1.29, 1.82) is 0 Å². The molecule has 1 N–H and O–H groups in total. The molecule has 5 heteroatoms. The van der Waals surface area contributed by atoms with Crippen molar-refractivity contribution in [2.45, 2.75) is 31.7 Å². The number of likely N-dealkylation sites (N-methyl/N-ethyl adjacent to an activating group) is 1. The van der Waals surface area contributed by atoms with Crippen molar-refractivity contribution in [1.82, 2.24) is 20.0 Å². The lowest BCUT2D eigenvalue weighted by molar-refractivity contribution is -0.131. The van der Waals surface area contributed by atoms with Gasteiger partial charge in [0, 0.05) is 31.7 Å². The maximum atomic E-state index is 12.5. The van der Waals surface area contributed by atoms with Crippen LogP contribution >= 0.6 is 0 Å². The van der Waals surface area contributed by atoms with Gasteiger partial charge in [0.1, 0.15) is 0 Å². The van der Waals surface area contributed by atoms with Gasteiger partial charge in [-0.3, -0.25) is 4.79 Å². The summed E-state index contributed by atoms with van der Waals surface area (Å²) in [6.45, 7) is 1.78. The molecule has 1 aliphatic heterocycles. The molecule has 1 atom stereocenters. The van der Waals surface area contributed by atoms with Gasteiger partial charge < -0.3 is 10.2 Å². The molecule has 122 valence electrons. The van der Waals surface area contributed by atoms with Crippen molar-refractivity contribution in [3.05, 3.63) is 48.3 Å². The summed E-state index contributed by atoms with van der Waals surface area (Å²) in [4.78, 5) is 14.5. The minimum atomic E-state index is 0.259. The largest absolute Gasteiger partial charge is 0.338 e. The molecule has 1 unspecified atom stereocenters. The maximum Gasteiger partial charge on any atom is 0.223 e. The van der Waals surface area contributed by atoms with Gasteiger partial charge in [0.15, 0.2) is 0 Å². The number of nitrogens with zero attached hydrogens (tertiary/aromatic N) is 3. The number of nitrogens with one attached hydrogen (secondary N) is 1. The van der Waals surface area contributed by atoms with E-state index in [2.05, 4.69) is 10.4 Å². The lowest BCUT2D eigenvalue weighted by atomic mass is 10.1. The van der Waals surface area contributed by atoms with Crippen LogP contribution in [0.2, 0.25) is 0 Å². The Hall–Kier alpha value is -2.14. The first-order chi connectivity index (χ1) is 11.3. The second-order valence-electron chi connectivity index (χ2n) is 6.07. The van der Waals surface area contributed by atoms with Crippen LogP contribution in [0, 0.1) is 0 Å². The summed E-state index contributed by atoms with van der Waals surface area (Å²) in [6.07, 6.45) is 7.39. The SMILES string of the molecule is CNCC1CCCN1C(=O)CCc1cnn(-c2ccccc2)c1. The van der Waals surface area contributed by atoms with Crippen LogP contribution in [0.3, 0.4) is 0 Å². The number of benzene rings is 1. The Morgan fingerprint density at radius 3 is 2.96 bits per heavy atom. The van der Waals surface area contributed by atoms with Gasteiger partial charge in [0.2, 0.25) is 5.91 Å². The quantitative estimate of drug-likeness (QED) is 0.888. The molecule has 1 aromatic carbocycles. The van der Waals surface area contributed by atoms with E-state index in [1.807, 2.05) is 59.4 Å². The molecule has 1 fully saturated rings. The minimum absolute atomic E-state index is 0.259. The second kappa shape index (κ2) is 7.42. The van der Waals surface area contributed by atoms with Crippen LogP contribution in [-0.2, 0) is 11.2 Å². The van der Waals surface area contributed by atoms with E-state index in [-0.39, 0.29) is 5.91 Å². The summed E-state index contributed by atoms with van der Waals surface area (Å²) < 4.78 is 1.86. The van der Waals surface area contributed by atoms with Crippen molar-refractivity contribution in [3.63, 3.8) is 0 Å². The Balaban J connectivity index is 1.56. The number of hydrogen-bond acceptors (Lipinski definition) is 3. The summed E-state index contributed by atoms with van der Waals surface area (Å²) in [5, 5.41) is 7.57. The number of aromatic nitrogens is 2. The number of likely N-dealkylation sites (tertiary alicyclic amines) is 1. The van der Waals surface area contributed by atoms with E-state index in [1.54, 1.807) is 0 Å². The number of carbonyl (C=O) groups excluding carboxylic acids is 1. The first-order valence-corrected chi connectivity index (χ1v) is 8.31. The Kier molecular flexibility index (Phi) is 5.08. The highest BCUT2D eigenvalue weighted by molar-refractivity contribution is 5.77. The van der Waals surface area contributed by atoms with Gasteiger partial charge in [-0.05, 0) is 44.0 Å². The third-order valence-electron chi connectivity index (χ3n) is 4.42. The standard InChI is InChI=1S/C18H24N4O/c1-19-13-17-8-5-11-21(17)18(23)10-9-15-12-20-22(14-15)16-6-3-2-4-7-16/h2-4,6-7,12,14,17,19H,5,8-11,13H2,1H3. The van der Waals surface area contributed by atoms with Crippen molar-refractivity contribution >= 4 is 5.91 Å². The molecule has 0 radical (unpaired) electrons. The predicted octanol–water partition coefficient (Wildman–Crippen LogP) is 2.02. The molecule has 2 aromatic rings. The van der Waals surface area contributed by atoms with Gasteiger partial charge in [-0.25, -0.2) is 4.68 Å². The normalized spacial score (nSPS) is 17.6. The fourth-order valence-electron chi connectivity index (χ4n) is 3.22. The molecule has 0 aliphatic carbocycles. The van der Waals surface area contributed by atoms with Crippen molar-refractivity contribution in [2.75, 3.05) is 20.1 Å². The molecule has 1 amide bonds. The van der Waals surface area contributed by atoms with Gasteiger partial charge in [0.25, 0.3) is 0 Å². The first-order valence-electron chi connectivity index (χ1n) is 8.31. The highest BCUT2D eigenvalue weighted by atomic mass is 16.2. The third-order valence-corrected chi connectivity index (χ3v) is 4.42. The van der Waals surface area contributed by atoms with Gasteiger partial charge in [-0.15, -0.1) is 0 Å². The number of rotatable bonds is 6. The Morgan fingerprint density at radius 2 is 2.17 bits per heavy atom. The minimum Gasteiger partial charge on any atom is -0.338 e. The van der Waals surface area contributed by atoms with E-state index in [1.165, 1.54) is 0 Å². The van der Waals surface area contributed by atoms with Gasteiger partial charge in [0.05, 0.1) is 11.9 Å². The topological polar surface area (TPSA) is 50.2 Å². The number of hydrogen-bond donors (Lipinski definition) is 1. The van der Waals surface area contributed by atoms with Crippen LogP contribution in [-0.4, -0.2) is 46.8 Å². The molecule has 23 heavy (non-hydrogen) atoms. The molecule has 0 saturated carbocycles. The van der Waals surface area contributed by atoms with E-state index >= 15 is 0 Å². The number of amides is 1. The fourth-order valence-corrected chi connectivity index (χ4v) is 3.22. The molecule has 2 heterocycles. The van der Waals surface area contributed by atoms with E-state index in [9.17, 15) is 4.79 Å². The van der Waals surface area contributed by atoms with E-state index < -0.39 is 0 Å². The van der Waals surface area contributed by atoms with Crippen LogP contribution in [0.15, 0.2) is 42.7 Å². The lowest BCUT2D eigenvalue weighted by Crippen LogP contribution is -2.40. The van der Waals surface area contributed by atoms with Gasteiger partial charge in [-0.1, -0.05) is 18.2 Å². The molecular weight excluding hydrogens is 288 g/mol. The average Bonchev–Trinajstić information content (AvgIpc) is 3.23. The molecule has 0 spiro atoms. The van der Waals surface area contributed by atoms with Gasteiger partial charge >= 0.3 is 0 Å². The van der Waals surface area contributed by atoms with E-state index in [0.717, 1.165) is 43.6 Å². The van der Waals surface area contributed by atoms with Crippen molar-refractivity contribution < 1.29 is 4.79 Å². The maximum absolute atomic E-state index is 12.5. The molecule has 0 bridgehead atoms. The monoisotopic (exact) mass is 312 g/mol. The van der Waals surface area contributed by atoms with Crippen LogP contribution in [0.4, 0.5) is 0 Å². The van der Waals surface area contributed by atoms with Gasteiger partial charge in [-0.2, -0.15) is 5.10 Å². The Morgan fingerprint density at radius 1 is 1.35 bits per heavy atom. The molecule has 3 rings (SSSR count). The van der Waals surface area contributed by atoms with E-state index in [0.29, 0.717) is 12.5 Å². The molecular formula is C18H24N4O. The molecule has 1 aromatic heterocycles. The van der Waals surface area contributed by atoms with Crippen LogP contribution < -0.4 is 5.32 Å². The highest BCUT2D eigenvalue weighted by Gasteiger charge is 2.27. The molecule has 5 nitrogen and oxygen atoms in total. The summed E-state index contributed by atoms with van der Waals surface area (Å²) in [7, 11) is 1.94. The number of carbonyl (C=O) groups is 1. The molecule has 1 saturated heterocycles. The van der Waals surface area contributed by atoms with Crippen LogP contribution in [0.5, 0.6) is 0 Å². The Labute approximate surface area is 137 Å². The third kappa shape index (κ3) is 3.79. The van der Waals surface area contributed by atoms with Crippen molar-refractivity contribution in [2.24, 2.45) is 0 Å². The summed E-state index contributed by atoms with van der Waals surface area (Å²) in [5.74, 6) is 0.259. The summed E-state index contributed by atoms with van der Waals surface area (Å²) >= 11 is 0. The average molecular weight is 312 g/mol. The fraction of sp³-hybridized carbons (Fsp3) is 0.444. The number of aryl methyl sites for hydroxylation is 1. The number of para-hydroxylation sites is 1. The first kappa shape index (κ1) is 15.7. The van der Waals surface area contributed by atoms with Crippen LogP contribution in [0.25, 0.3) is 5.69 Å². The second-order valence-corrected chi connectivity index (χ2v) is 6.07. The summed E-state index contributed by atoms with van der Waals surface area (Å²) in [6, 6.07) is 10.4. The van der Waals surface area contributed by atoms with E-state index in [4.69, 9.17) is 0 Å². The highest BCUT2D eigenvalue weighted by Crippen LogP contribution is 2.18. The Bertz CT molecular complexity index is 637. The zero-order valence-electron chi connectivity index (χ0n) is 13.6. The summed E-state index contributed by atoms with van der Waals surface area (Å²) in [5.41, 5.74) is 2.14. The smallest absolute Gasteiger partial charge is 0.223 e. The zero-order chi connectivity index (χ0) is 16.1. The van der Waals surface area contributed by atoms with Crippen molar-refractivity contribution in [3.8, 4) is 5.69 Å². The predicted molar refractivity (Wildman–Crippen MR) is 90.5 cm³/mol. The molecule has 1 aliphatic rings. The van der Waals surface area contributed by atoms with Crippen LogP contribution in [0.1, 0.15) is 24.8 Å². The lowest BCUT2D eigenvalue weighted by Gasteiger charge is -2.24.